The Kier molecular flexibility index (Phi) is 23.1. The summed E-state index contributed by atoms with van der Waals surface area (Å²) in [5, 5.41) is 20.7. The molecule has 0 fully saturated rings. The molecule has 3 aromatic carbocycles. The van der Waals surface area contributed by atoms with E-state index < -0.39 is 11.4 Å². The standard InChI is InChI=1S/C53H76O7/c1-8-11-13-14-15-16-17-20-42-23-25-44(26-24-42)45-27-28-49(43(10-3)35-45)48-36-46(21-18-31-58-50(56)34-40(4)5)51(47(37-48)22-19-32-60-52(57)41(6)7)59-33-30-53(38-54,39-55)29-12-9-2/h23-28,35-37,54-55H,4,6,8-22,29-34,38-39H2,1-3,5,7H3. The van der Waals surface area contributed by atoms with Crippen LogP contribution in [0.2, 0.25) is 0 Å². The van der Waals surface area contributed by atoms with Crippen molar-refractivity contribution >= 4 is 11.9 Å². The van der Waals surface area contributed by atoms with E-state index in [1.807, 2.05) is 6.92 Å². The maximum atomic E-state index is 12.3. The van der Waals surface area contributed by atoms with Crippen LogP contribution in [-0.4, -0.2) is 55.2 Å². The van der Waals surface area contributed by atoms with Crippen LogP contribution in [0.4, 0.5) is 0 Å². The van der Waals surface area contributed by atoms with Crippen LogP contribution in [0.1, 0.15) is 147 Å². The quantitative estimate of drug-likeness (QED) is 0.0288. The number of benzene rings is 3. The van der Waals surface area contributed by atoms with Gasteiger partial charge in [-0.15, -0.1) is 0 Å². The summed E-state index contributed by atoms with van der Waals surface area (Å²) in [5.41, 5.74) is 9.71. The molecular weight excluding hydrogens is 749 g/mol. The van der Waals surface area contributed by atoms with Gasteiger partial charge in [0, 0.05) is 11.0 Å². The molecule has 0 aromatic heterocycles. The summed E-state index contributed by atoms with van der Waals surface area (Å²) >= 11 is 0. The lowest BCUT2D eigenvalue weighted by atomic mass is 9.81. The van der Waals surface area contributed by atoms with Crippen molar-refractivity contribution in [3.63, 3.8) is 0 Å². The number of hydrogen-bond acceptors (Lipinski definition) is 7. The van der Waals surface area contributed by atoms with Crippen LogP contribution in [0.5, 0.6) is 5.75 Å². The number of carbonyl (C=O) groups excluding carboxylic acids is 2. The van der Waals surface area contributed by atoms with E-state index in [0.717, 1.165) is 59.3 Å². The molecular formula is C53H76O7. The van der Waals surface area contributed by atoms with Crippen LogP contribution >= 0.6 is 0 Å². The number of unbranched alkanes of at least 4 members (excludes halogenated alkanes) is 7. The Labute approximate surface area is 362 Å². The van der Waals surface area contributed by atoms with Gasteiger partial charge in [0.15, 0.2) is 0 Å². The molecule has 7 heteroatoms. The van der Waals surface area contributed by atoms with Gasteiger partial charge in [-0.1, -0.05) is 133 Å². The van der Waals surface area contributed by atoms with Crippen molar-refractivity contribution in [2.75, 3.05) is 33.0 Å². The predicted octanol–water partition coefficient (Wildman–Crippen LogP) is 12.3. The number of aryl methyl sites for hydroxylation is 4. The third-order valence-electron chi connectivity index (χ3n) is 11.5. The second-order valence-electron chi connectivity index (χ2n) is 16.9. The second kappa shape index (κ2) is 27.6. The molecule has 3 aromatic rings. The minimum Gasteiger partial charge on any atom is -0.493 e. The highest BCUT2D eigenvalue weighted by atomic mass is 16.5. The van der Waals surface area contributed by atoms with E-state index >= 15 is 0 Å². The number of rotatable bonds is 31. The number of ether oxygens (including phenoxy) is 3. The Hall–Kier alpha value is -4.20. The summed E-state index contributed by atoms with van der Waals surface area (Å²) in [7, 11) is 0. The van der Waals surface area contributed by atoms with E-state index in [2.05, 4.69) is 88.5 Å². The van der Waals surface area contributed by atoms with Crippen LogP contribution in [0, 0.1) is 5.41 Å². The molecule has 0 saturated carbocycles. The van der Waals surface area contributed by atoms with E-state index in [0.29, 0.717) is 50.7 Å². The molecule has 0 amide bonds. The van der Waals surface area contributed by atoms with Crippen molar-refractivity contribution in [2.24, 2.45) is 5.41 Å². The van der Waals surface area contributed by atoms with Gasteiger partial charge in [-0.3, -0.25) is 4.79 Å². The van der Waals surface area contributed by atoms with Gasteiger partial charge in [0.2, 0.25) is 0 Å². The number of aliphatic hydroxyl groups excluding tert-OH is 2. The van der Waals surface area contributed by atoms with Gasteiger partial charge >= 0.3 is 11.9 Å². The van der Waals surface area contributed by atoms with Crippen molar-refractivity contribution in [1.29, 1.82) is 0 Å². The third-order valence-corrected chi connectivity index (χ3v) is 11.5. The van der Waals surface area contributed by atoms with Gasteiger partial charge in [-0.2, -0.15) is 0 Å². The van der Waals surface area contributed by atoms with E-state index in [1.54, 1.807) is 6.92 Å². The molecule has 60 heavy (non-hydrogen) atoms. The molecule has 0 unspecified atom stereocenters. The van der Waals surface area contributed by atoms with E-state index in [9.17, 15) is 19.8 Å². The zero-order valence-electron chi connectivity index (χ0n) is 37.8. The lowest BCUT2D eigenvalue weighted by Gasteiger charge is -2.30. The Bertz CT molecular complexity index is 1770. The molecule has 0 aliphatic heterocycles. The van der Waals surface area contributed by atoms with Crippen LogP contribution in [-0.2, 0) is 44.7 Å². The van der Waals surface area contributed by atoms with Crippen molar-refractivity contribution in [3.8, 4) is 28.0 Å². The third kappa shape index (κ3) is 17.0. The van der Waals surface area contributed by atoms with Crippen molar-refractivity contribution < 1.29 is 34.0 Å². The van der Waals surface area contributed by atoms with E-state index in [4.69, 9.17) is 14.2 Å². The Morgan fingerprint density at radius 2 is 1.20 bits per heavy atom. The molecule has 330 valence electrons. The van der Waals surface area contributed by atoms with Crippen molar-refractivity contribution in [3.05, 3.63) is 101 Å². The monoisotopic (exact) mass is 825 g/mol. The van der Waals surface area contributed by atoms with Crippen LogP contribution in [0.25, 0.3) is 22.3 Å². The zero-order valence-corrected chi connectivity index (χ0v) is 37.8. The molecule has 0 radical (unpaired) electrons. The Morgan fingerprint density at radius 1 is 0.617 bits per heavy atom. The zero-order chi connectivity index (χ0) is 43.8. The Balaban J connectivity index is 1.97. The number of aliphatic hydroxyl groups is 2. The maximum Gasteiger partial charge on any atom is 0.333 e. The van der Waals surface area contributed by atoms with Gasteiger partial charge in [-0.05, 0) is 128 Å². The molecule has 0 heterocycles. The molecule has 0 saturated heterocycles. The summed E-state index contributed by atoms with van der Waals surface area (Å²) in [4.78, 5) is 24.6. The van der Waals surface area contributed by atoms with Gasteiger partial charge < -0.3 is 24.4 Å². The van der Waals surface area contributed by atoms with E-state index in [1.165, 1.54) is 67.2 Å². The molecule has 0 aliphatic carbocycles. The highest BCUT2D eigenvalue weighted by Gasteiger charge is 2.28. The summed E-state index contributed by atoms with van der Waals surface area (Å²) in [6.45, 7) is 18.1. The molecule has 3 rings (SSSR count). The average Bonchev–Trinajstić information content (AvgIpc) is 3.25. The number of carbonyl (C=O) groups is 2. The van der Waals surface area contributed by atoms with Crippen LogP contribution in [0.15, 0.2) is 78.9 Å². The smallest absolute Gasteiger partial charge is 0.333 e. The molecule has 7 nitrogen and oxygen atoms in total. The lowest BCUT2D eigenvalue weighted by Crippen LogP contribution is -2.32. The highest BCUT2D eigenvalue weighted by Crippen LogP contribution is 2.37. The normalized spacial score (nSPS) is 11.4. The second-order valence-corrected chi connectivity index (χ2v) is 16.9. The minimum atomic E-state index is -0.629. The largest absolute Gasteiger partial charge is 0.493 e. The van der Waals surface area contributed by atoms with Crippen LogP contribution in [0.3, 0.4) is 0 Å². The highest BCUT2D eigenvalue weighted by molar-refractivity contribution is 5.86. The first-order valence-corrected chi connectivity index (χ1v) is 22.8. The predicted molar refractivity (Wildman–Crippen MR) is 247 cm³/mol. The first-order chi connectivity index (χ1) is 29.0. The number of hydrogen-bond donors (Lipinski definition) is 2. The minimum absolute atomic E-state index is 0.117. The van der Waals surface area contributed by atoms with E-state index in [-0.39, 0.29) is 38.8 Å². The number of esters is 2. The van der Waals surface area contributed by atoms with Crippen molar-refractivity contribution in [1.82, 2.24) is 0 Å². The fraction of sp³-hybridized carbons (Fsp3) is 0.547. The van der Waals surface area contributed by atoms with Crippen molar-refractivity contribution in [2.45, 2.75) is 150 Å². The summed E-state index contributed by atoms with van der Waals surface area (Å²) in [6.07, 6.45) is 16.8. The fourth-order valence-corrected chi connectivity index (χ4v) is 7.67. The maximum absolute atomic E-state index is 12.3. The lowest BCUT2D eigenvalue weighted by molar-refractivity contribution is -0.143. The van der Waals surface area contributed by atoms with Gasteiger partial charge in [0.25, 0.3) is 0 Å². The molecule has 0 atom stereocenters. The molecule has 0 bridgehead atoms. The summed E-state index contributed by atoms with van der Waals surface area (Å²) in [5.74, 6) is 0.0587. The molecule has 2 N–H and O–H groups in total. The first-order valence-electron chi connectivity index (χ1n) is 22.8. The topological polar surface area (TPSA) is 102 Å². The fourth-order valence-electron chi connectivity index (χ4n) is 7.67. The molecule has 0 aliphatic rings. The summed E-state index contributed by atoms with van der Waals surface area (Å²) < 4.78 is 17.7. The van der Waals surface area contributed by atoms with Gasteiger partial charge in [0.05, 0.1) is 39.5 Å². The van der Waals surface area contributed by atoms with Gasteiger partial charge in [-0.25, -0.2) is 4.79 Å². The SMILES string of the molecule is C=C(C)CC(=O)OCCCc1cc(-c2ccc(-c3ccc(CCCCCCCCC)cc3)cc2CC)cc(CCCOC(=O)C(=C)C)c1OCCC(CO)(CO)CCCC. The molecule has 0 spiro atoms. The Morgan fingerprint density at radius 3 is 1.78 bits per heavy atom. The van der Waals surface area contributed by atoms with Gasteiger partial charge in [0.1, 0.15) is 5.75 Å². The first kappa shape index (κ1) is 50.2. The summed E-state index contributed by atoms with van der Waals surface area (Å²) in [6, 6.07) is 20.2. The average molecular weight is 825 g/mol. The van der Waals surface area contributed by atoms with Crippen LogP contribution < -0.4 is 4.74 Å².